The second-order valence-electron chi connectivity index (χ2n) is 8.85. The van der Waals surface area contributed by atoms with Gasteiger partial charge in [-0.15, -0.1) is 0 Å². The molecule has 1 aliphatic heterocycles. The summed E-state index contributed by atoms with van der Waals surface area (Å²) in [6, 6.07) is 18.7. The minimum Gasteiger partial charge on any atom is -0.455 e. The summed E-state index contributed by atoms with van der Waals surface area (Å²) in [6.07, 6.45) is -1.72. The topological polar surface area (TPSA) is 50.5 Å². The summed E-state index contributed by atoms with van der Waals surface area (Å²) < 4.78 is 75.6. The van der Waals surface area contributed by atoms with Crippen LogP contribution >= 0.6 is 0 Å². The van der Waals surface area contributed by atoms with Gasteiger partial charge in [0.1, 0.15) is 11.3 Å². The van der Waals surface area contributed by atoms with Crippen LogP contribution in [0.1, 0.15) is 34.9 Å². The Morgan fingerprint density at radius 3 is 2.27 bits per heavy atom. The first-order valence-corrected chi connectivity index (χ1v) is 12.8. The highest BCUT2D eigenvalue weighted by Gasteiger charge is 2.35. The lowest BCUT2D eigenvalue weighted by Gasteiger charge is -2.25. The molecule has 0 fully saturated rings. The Bertz CT molecular complexity index is 1700. The average molecular weight is 522 g/mol. The van der Waals surface area contributed by atoms with Crippen LogP contribution in [0.2, 0.25) is 0 Å². The molecule has 37 heavy (non-hydrogen) atoms. The summed E-state index contributed by atoms with van der Waals surface area (Å²) in [4.78, 5) is 0.0663. The number of alkyl halides is 3. The molecule has 0 bridgehead atoms. The predicted octanol–water partition coefficient (Wildman–Crippen LogP) is 7.77. The van der Waals surface area contributed by atoms with Crippen LogP contribution in [-0.4, -0.2) is 12.7 Å². The molecule has 0 N–H and O–H groups in total. The van der Waals surface area contributed by atoms with Gasteiger partial charge in [-0.25, -0.2) is 12.7 Å². The van der Waals surface area contributed by atoms with Crippen molar-refractivity contribution in [1.29, 1.82) is 0 Å². The number of allylic oxidation sites excluding steroid dienone is 1. The zero-order chi connectivity index (χ0) is 26.5. The van der Waals surface area contributed by atoms with E-state index in [1.807, 2.05) is 13.0 Å². The fraction of sp³-hybridized carbons (Fsp3) is 0.103. The highest BCUT2D eigenvalue weighted by atomic mass is 32.2. The third kappa shape index (κ3) is 4.27. The van der Waals surface area contributed by atoms with Crippen molar-refractivity contribution in [2.45, 2.75) is 24.9 Å². The van der Waals surface area contributed by atoms with Crippen molar-refractivity contribution in [3.63, 3.8) is 0 Å². The molecule has 2 heterocycles. The molecule has 4 nitrogen and oxygen atoms in total. The van der Waals surface area contributed by atoms with E-state index in [1.165, 1.54) is 30.5 Å². The molecule has 3 aromatic carbocycles. The monoisotopic (exact) mass is 521 g/mol. The van der Waals surface area contributed by atoms with E-state index in [-0.39, 0.29) is 27.3 Å². The van der Waals surface area contributed by atoms with Gasteiger partial charge in [0, 0.05) is 17.1 Å². The van der Waals surface area contributed by atoms with Crippen LogP contribution in [0.4, 0.5) is 13.2 Å². The lowest BCUT2D eigenvalue weighted by atomic mass is 9.96. The van der Waals surface area contributed by atoms with Gasteiger partial charge in [-0.3, -0.25) is 0 Å². The van der Waals surface area contributed by atoms with Crippen LogP contribution in [0.3, 0.4) is 0 Å². The third-order valence-corrected chi connectivity index (χ3v) is 7.85. The first-order valence-electron chi connectivity index (χ1n) is 11.4. The molecule has 0 unspecified atom stereocenters. The normalized spacial score (nSPS) is 14.1. The number of aryl methyl sites for hydroxylation is 1. The van der Waals surface area contributed by atoms with Crippen LogP contribution in [0.5, 0.6) is 0 Å². The Hall–Kier alpha value is -4.04. The minimum atomic E-state index is -4.55. The van der Waals surface area contributed by atoms with E-state index in [0.29, 0.717) is 22.3 Å². The second kappa shape index (κ2) is 8.81. The van der Waals surface area contributed by atoms with E-state index in [4.69, 9.17) is 4.42 Å². The van der Waals surface area contributed by atoms with Crippen LogP contribution in [0.25, 0.3) is 22.6 Å². The molecule has 0 aliphatic carbocycles. The van der Waals surface area contributed by atoms with Gasteiger partial charge in [0.05, 0.1) is 21.7 Å². The second-order valence-corrected chi connectivity index (χ2v) is 10.7. The maximum atomic E-state index is 13.9. The largest absolute Gasteiger partial charge is 0.455 e. The van der Waals surface area contributed by atoms with Gasteiger partial charge in [-0.1, -0.05) is 54.6 Å². The Labute approximate surface area is 212 Å². The van der Waals surface area contributed by atoms with Gasteiger partial charge in [0.25, 0.3) is 10.0 Å². The number of fused-ring (bicyclic) bond motifs is 3. The predicted molar refractivity (Wildman–Crippen MR) is 138 cm³/mol. The quantitative estimate of drug-likeness (QED) is 0.276. The molecular formula is C29H22F3NO3S. The number of benzene rings is 3. The van der Waals surface area contributed by atoms with Gasteiger partial charge in [-0.05, 0) is 61.4 Å². The molecule has 0 amide bonds. The summed E-state index contributed by atoms with van der Waals surface area (Å²) in [7, 11) is -4.11. The summed E-state index contributed by atoms with van der Waals surface area (Å²) in [5, 5.41) is 0.227. The molecule has 0 radical (unpaired) electrons. The molecule has 1 aromatic heterocycles. The van der Waals surface area contributed by atoms with Crippen molar-refractivity contribution in [2.75, 3.05) is 0 Å². The lowest BCUT2D eigenvalue weighted by molar-refractivity contribution is -0.137. The zero-order valence-electron chi connectivity index (χ0n) is 20.0. The van der Waals surface area contributed by atoms with E-state index in [1.54, 1.807) is 43.3 Å². The van der Waals surface area contributed by atoms with E-state index >= 15 is 0 Å². The Morgan fingerprint density at radius 2 is 1.65 bits per heavy atom. The molecule has 0 saturated carbocycles. The number of sulfonamides is 1. The van der Waals surface area contributed by atoms with E-state index < -0.39 is 21.8 Å². The number of rotatable bonds is 4. The maximum Gasteiger partial charge on any atom is 0.416 e. The Balaban J connectivity index is 1.86. The van der Waals surface area contributed by atoms with Crippen molar-refractivity contribution >= 4 is 32.6 Å². The van der Waals surface area contributed by atoms with Crippen molar-refractivity contribution in [1.82, 2.24) is 4.31 Å². The van der Waals surface area contributed by atoms with E-state index in [0.717, 1.165) is 22.0 Å². The Morgan fingerprint density at radius 1 is 0.973 bits per heavy atom. The van der Waals surface area contributed by atoms with Crippen LogP contribution in [0, 0.1) is 6.92 Å². The van der Waals surface area contributed by atoms with Crippen molar-refractivity contribution in [3.05, 3.63) is 125 Å². The van der Waals surface area contributed by atoms with E-state index in [9.17, 15) is 21.6 Å². The van der Waals surface area contributed by atoms with Crippen LogP contribution < -0.4 is 0 Å². The number of halogens is 3. The number of furan rings is 1. The number of hydrogen-bond acceptors (Lipinski definition) is 3. The fourth-order valence-electron chi connectivity index (χ4n) is 4.38. The zero-order valence-corrected chi connectivity index (χ0v) is 20.8. The third-order valence-electron chi connectivity index (χ3n) is 6.16. The smallest absolute Gasteiger partial charge is 0.416 e. The highest BCUT2D eigenvalue weighted by molar-refractivity contribution is 7.89. The molecule has 188 valence electrons. The highest BCUT2D eigenvalue weighted by Crippen LogP contribution is 2.44. The standard InChI is InChI=1S/C29H22F3NO3S/c1-18(2)27-26(20-7-5-4-6-8-20)28-23(24-17-21(29(30,31)32)11-14-25(24)36-28)15-16-33(27)37(34,35)22-12-9-19(3)10-13-22/h4-17H,1H2,2-3H3. The van der Waals surface area contributed by atoms with Crippen LogP contribution in [0.15, 0.2) is 106 Å². The van der Waals surface area contributed by atoms with Crippen molar-refractivity contribution in [3.8, 4) is 0 Å². The molecule has 0 saturated heterocycles. The average Bonchev–Trinajstić information content (AvgIpc) is 3.11. The van der Waals surface area contributed by atoms with E-state index in [2.05, 4.69) is 6.58 Å². The first kappa shape index (κ1) is 24.6. The minimum absolute atomic E-state index is 0.0663. The van der Waals surface area contributed by atoms with Gasteiger partial charge in [0.2, 0.25) is 0 Å². The Kier molecular flexibility index (Phi) is 5.87. The summed E-state index contributed by atoms with van der Waals surface area (Å²) >= 11 is 0. The number of hydrogen-bond donors (Lipinski definition) is 0. The molecule has 0 spiro atoms. The van der Waals surface area contributed by atoms with Crippen molar-refractivity contribution in [2.24, 2.45) is 0 Å². The molecule has 4 aromatic rings. The van der Waals surface area contributed by atoms with Gasteiger partial charge in [0.15, 0.2) is 0 Å². The molecular weight excluding hydrogens is 499 g/mol. The summed E-state index contributed by atoms with van der Waals surface area (Å²) in [5.41, 5.74) is 2.42. The molecule has 8 heteroatoms. The molecule has 0 atom stereocenters. The SMILES string of the molecule is C=C(C)C1=C(c2ccccc2)c2oc3ccc(C(F)(F)F)cc3c2C=CN1S(=O)(=O)c1ccc(C)cc1. The van der Waals surface area contributed by atoms with Gasteiger partial charge in [-0.2, -0.15) is 13.2 Å². The molecule has 5 rings (SSSR count). The fourth-order valence-corrected chi connectivity index (χ4v) is 5.79. The van der Waals surface area contributed by atoms with Crippen LogP contribution in [-0.2, 0) is 16.2 Å². The number of nitrogens with zero attached hydrogens (tertiary/aromatic N) is 1. The first-order chi connectivity index (χ1) is 17.5. The van der Waals surface area contributed by atoms with Crippen molar-refractivity contribution < 1.29 is 26.0 Å². The summed E-state index contributed by atoms with van der Waals surface area (Å²) in [6.45, 7) is 7.59. The van der Waals surface area contributed by atoms with Gasteiger partial charge < -0.3 is 4.42 Å². The summed E-state index contributed by atoms with van der Waals surface area (Å²) in [5.74, 6) is 0.261. The maximum absolute atomic E-state index is 13.9. The molecule has 1 aliphatic rings. The van der Waals surface area contributed by atoms with Gasteiger partial charge >= 0.3 is 6.18 Å². The lowest BCUT2D eigenvalue weighted by Crippen LogP contribution is -2.26.